The first-order valence-corrected chi connectivity index (χ1v) is 7.10. The highest BCUT2D eigenvalue weighted by Gasteiger charge is 2.19. The van der Waals surface area contributed by atoms with Crippen molar-refractivity contribution in [2.24, 2.45) is 5.92 Å². The molecule has 0 aromatic carbocycles. The Morgan fingerprint density at radius 3 is 2.82 bits per heavy atom. The Kier molecular flexibility index (Phi) is 7.25. The minimum Gasteiger partial charge on any atom is -0.465 e. The third-order valence-electron chi connectivity index (χ3n) is 3.26. The molecule has 1 unspecified atom stereocenters. The second-order valence-electron chi connectivity index (χ2n) is 5.41. The van der Waals surface area contributed by atoms with Crippen molar-refractivity contribution >= 4 is 5.97 Å². The van der Waals surface area contributed by atoms with Crippen molar-refractivity contribution in [1.29, 1.82) is 0 Å². The molecule has 1 rings (SSSR count). The van der Waals surface area contributed by atoms with E-state index in [9.17, 15) is 4.79 Å². The zero-order valence-electron chi connectivity index (χ0n) is 11.3. The highest BCUT2D eigenvalue weighted by atomic mass is 16.5. The number of hydrogen-bond acceptors (Lipinski definition) is 3. The molecule has 0 aliphatic carbocycles. The largest absolute Gasteiger partial charge is 0.465 e. The van der Waals surface area contributed by atoms with E-state index in [0.717, 1.165) is 32.2 Å². The maximum atomic E-state index is 11.8. The van der Waals surface area contributed by atoms with Gasteiger partial charge in [-0.2, -0.15) is 0 Å². The van der Waals surface area contributed by atoms with Gasteiger partial charge in [0, 0.05) is 0 Å². The van der Waals surface area contributed by atoms with Gasteiger partial charge >= 0.3 is 5.97 Å². The summed E-state index contributed by atoms with van der Waals surface area (Å²) >= 11 is 0. The van der Waals surface area contributed by atoms with Crippen molar-refractivity contribution in [3.05, 3.63) is 0 Å². The number of carbonyl (C=O) groups is 1. The van der Waals surface area contributed by atoms with Crippen LogP contribution in [0.25, 0.3) is 0 Å². The molecule has 100 valence electrons. The van der Waals surface area contributed by atoms with Gasteiger partial charge in [0.15, 0.2) is 0 Å². The van der Waals surface area contributed by atoms with Gasteiger partial charge in [0.05, 0.1) is 6.61 Å². The molecule has 0 aromatic rings. The highest BCUT2D eigenvalue weighted by molar-refractivity contribution is 5.75. The molecule has 0 bridgehead atoms. The molecule has 1 saturated heterocycles. The zero-order valence-corrected chi connectivity index (χ0v) is 11.3. The van der Waals surface area contributed by atoms with Crippen LogP contribution in [0.5, 0.6) is 0 Å². The Hall–Kier alpha value is -0.570. The lowest BCUT2D eigenvalue weighted by Gasteiger charge is -2.20. The minimum absolute atomic E-state index is 0.0457. The molecule has 1 aliphatic heterocycles. The lowest BCUT2D eigenvalue weighted by Crippen LogP contribution is -2.39. The van der Waals surface area contributed by atoms with Crippen molar-refractivity contribution in [3.63, 3.8) is 0 Å². The van der Waals surface area contributed by atoms with Crippen LogP contribution >= 0.6 is 0 Å². The fourth-order valence-corrected chi connectivity index (χ4v) is 2.17. The van der Waals surface area contributed by atoms with Gasteiger partial charge in [0.1, 0.15) is 6.04 Å². The maximum Gasteiger partial charge on any atom is 0.323 e. The second kappa shape index (κ2) is 8.51. The summed E-state index contributed by atoms with van der Waals surface area (Å²) < 4.78 is 5.33. The summed E-state index contributed by atoms with van der Waals surface area (Å²) in [6.07, 6.45) is 7.89. The van der Waals surface area contributed by atoms with Crippen molar-refractivity contribution < 1.29 is 9.53 Å². The number of rotatable bonds is 5. The minimum atomic E-state index is -0.0608. The van der Waals surface area contributed by atoms with E-state index in [1.54, 1.807) is 0 Å². The van der Waals surface area contributed by atoms with Crippen LogP contribution < -0.4 is 5.32 Å². The van der Waals surface area contributed by atoms with Crippen LogP contribution in [-0.2, 0) is 9.53 Å². The van der Waals surface area contributed by atoms with Gasteiger partial charge in [-0.05, 0) is 38.1 Å². The molecule has 3 nitrogen and oxygen atoms in total. The summed E-state index contributed by atoms with van der Waals surface area (Å²) in [4.78, 5) is 11.8. The van der Waals surface area contributed by atoms with Gasteiger partial charge in [-0.15, -0.1) is 0 Å². The smallest absolute Gasteiger partial charge is 0.323 e. The first-order chi connectivity index (χ1) is 8.20. The SMILES string of the molecule is CC(C)CCCOC(=O)C1CCCCCCN1. The Bertz CT molecular complexity index is 208. The third kappa shape index (κ3) is 6.67. The zero-order chi connectivity index (χ0) is 12.5. The van der Waals surface area contributed by atoms with E-state index < -0.39 is 0 Å². The van der Waals surface area contributed by atoms with E-state index in [0.29, 0.717) is 12.5 Å². The summed E-state index contributed by atoms with van der Waals surface area (Å²) in [6, 6.07) is -0.0608. The molecule has 1 heterocycles. The Morgan fingerprint density at radius 2 is 2.06 bits per heavy atom. The Morgan fingerprint density at radius 1 is 1.29 bits per heavy atom. The first kappa shape index (κ1) is 14.5. The molecular weight excluding hydrogens is 214 g/mol. The molecule has 3 heteroatoms. The van der Waals surface area contributed by atoms with Gasteiger partial charge in [-0.3, -0.25) is 4.79 Å². The molecular formula is C14H27NO2. The van der Waals surface area contributed by atoms with Crippen molar-refractivity contribution in [1.82, 2.24) is 5.32 Å². The molecule has 1 atom stereocenters. The summed E-state index contributed by atoms with van der Waals surface area (Å²) in [5, 5.41) is 3.30. The highest BCUT2D eigenvalue weighted by Crippen LogP contribution is 2.11. The fourth-order valence-electron chi connectivity index (χ4n) is 2.17. The molecule has 0 radical (unpaired) electrons. The average Bonchev–Trinajstić information content (AvgIpc) is 2.23. The molecule has 0 amide bonds. The van der Waals surface area contributed by atoms with Crippen LogP contribution in [0.3, 0.4) is 0 Å². The van der Waals surface area contributed by atoms with Crippen molar-refractivity contribution in [2.45, 2.75) is 64.8 Å². The van der Waals surface area contributed by atoms with E-state index in [-0.39, 0.29) is 12.0 Å². The van der Waals surface area contributed by atoms with Crippen LogP contribution in [0.1, 0.15) is 58.8 Å². The fraction of sp³-hybridized carbons (Fsp3) is 0.929. The van der Waals surface area contributed by atoms with Crippen molar-refractivity contribution in [2.75, 3.05) is 13.2 Å². The lowest BCUT2D eigenvalue weighted by atomic mass is 10.0. The lowest BCUT2D eigenvalue weighted by molar-refractivity contribution is -0.146. The summed E-state index contributed by atoms with van der Waals surface area (Å²) in [5.41, 5.74) is 0. The van der Waals surface area contributed by atoms with E-state index in [2.05, 4.69) is 19.2 Å². The quantitative estimate of drug-likeness (QED) is 0.594. The topological polar surface area (TPSA) is 38.3 Å². The van der Waals surface area contributed by atoms with Gasteiger partial charge in [0.2, 0.25) is 0 Å². The first-order valence-electron chi connectivity index (χ1n) is 7.10. The number of hydrogen-bond donors (Lipinski definition) is 1. The number of esters is 1. The predicted octanol–water partition coefficient (Wildman–Crippen LogP) is 2.89. The molecule has 17 heavy (non-hydrogen) atoms. The van der Waals surface area contributed by atoms with E-state index in [1.807, 2.05) is 0 Å². The summed E-state index contributed by atoms with van der Waals surface area (Å²) in [7, 11) is 0. The van der Waals surface area contributed by atoms with Crippen LogP contribution in [0, 0.1) is 5.92 Å². The normalized spacial score (nSPS) is 21.9. The summed E-state index contributed by atoms with van der Waals surface area (Å²) in [5.74, 6) is 0.642. The van der Waals surface area contributed by atoms with Crippen LogP contribution in [0.4, 0.5) is 0 Å². The van der Waals surface area contributed by atoms with Crippen LogP contribution in [-0.4, -0.2) is 25.2 Å². The Balaban J connectivity index is 2.16. The summed E-state index contributed by atoms with van der Waals surface area (Å²) in [6.45, 7) is 5.91. The Labute approximate surface area is 105 Å². The molecule has 0 spiro atoms. The molecule has 0 aromatic heterocycles. The van der Waals surface area contributed by atoms with E-state index >= 15 is 0 Å². The van der Waals surface area contributed by atoms with E-state index in [4.69, 9.17) is 4.74 Å². The van der Waals surface area contributed by atoms with Crippen LogP contribution in [0.2, 0.25) is 0 Å². The number of ether oxygens (including phenoxy) is 1. The standard InChI is InChI=1S/C14H27NO2/c1-12(2)8-7-11-17-14(16)13-9-5-3-4-6-10-15-13/h12-13,15H,3-11H2,1-2H3. The van der Waals surface area contributed by atoms with Gasteiger partial charge in [-0.1, -0.05) is 33.1 Å². The van der Waals surface area contributed by atoms with Gasteiger partial charge < -0.3 is 10.1 Å². The van der Waals surface area contributed by atoms with E-state index in [1.165, 1.54) is 19.3 Å². The van der Waals surface area contributed by atoms with Crippen molar-refractivity contribution in [3.8, 4) is 0 Å². The number of carbonyl (C=O) groups excluding carboxylic acids is 1. The molecule has 1 fully saturated rings. The second-order valence-corrected chi connectivity index (χ2v) is 5.41. The number of nitrogens with one attached hydrogen (secondary N) is 1. The van der Waals surface area contributed by atoms with Gasteiger partial charge in [-0.25, -0.2) is 0 Å². The average molecular weight is 241 g/mol. The maximum absolute atomic E-state index is 11.8. The molecule has 1 aliphatic rings. The monoisotopic (exact) mass is 241 g/mol. The van der Waals surface area contributed by atoms with Crippen LogP contribution in [0.15, 0.2) is 0 Å². The predicted molar refractivity (Wildman–Crippen MR) is 69.9 cm³/mol. The van der Waals surface area contributed by atoms with Gasteiger partial charge in [0.25, 0.3) is 0 Å². The molecule has 0 saturated carbocycles. The third-order valence-corrected chi connectivity index (χ3v) is 3.26. The molecule has 1 N–H and O–H groups in total.